The Hall–Kier alpha value is -1.26. The normalized spacial score (nSPS) is 17.4. The van der Waals surface area contributed by atoms with Gasteiger partial charge in [-0.3, -0.25) is 4.90 Å². The van der Waals surface area contributed by atoms with E-state index in [1.165, 1.54) is 18.7 Å². The van der Waals surface area contributed by atoms with E-state index in [0.717, 1.165) is 18.0 Å². The summed E-state index contributed by atoms with van der Waals surface area (Å²) in [5.41, 5.74) is 2.32. The van der Waals surface area contributed by atoms with Gasteiger partial charge in [0.25, 0.3) is 0 Å². The van der Waals surface area contributed by atoms with Crippen LogP contribution in [0.3, 0.4) is 0 Å². The molecule has 0 spiro atoms. The second kappa shape index (κ2) is 3.86. The topological polar surface area (TPSA) is 3.24 Å². The SMILES string of the molecule is C#Cc1ccc(CN2CC(C)C2)cc1. The van der Waals surface area contributed by atoms with Crippen LogP contribution in [-0.4, -0.2) is 18.0 Å². The van der Waals surface area contributed by atoms with Crippen molar-refractivity contribution in [3.63, 3.8) is 0 Å². The summed E-state index contributed by atoms with van der Waals surface area (Å²) in [6.45, 7) is 5.82. The highest BCUT2D eigenvalue weighted by Crippen LogP contribution is 2.17. The van der Waals surface area contributed by atoms with Crippen LogP contribution in [0.4, 0.5) is 0 Å². The molecule has 0 radical (unpaired) electrons. The van der Waals surface area contributed by atoms with E-state index in [-0.39, 0.29) is 0 Å². The lowest BCUT2D eigenvalue weighted by Crippen LogP contribution is -2.44. The lowest BCUT2D eigenvalue weighted by molar-refractivity contribution is 0.105. The summed E-state index contributed by atoms with van der Waals surface area (Å²) >= 11 is 0. The van der Waals surface area contributed by atoms with Crippen LogP contribution in [0.1, 0.15) is 18.1 Å². The van der Waals surface area contributed by atoms with Gasteiger partial charge in [-0.2, -0.15) is 0 Å². The first-order valence-electron chi connectivity index (χ1n) is 5.06. The molecule has 0 aromatic heterocycles. The van der Waals surface area contributed by atoms with Crippen LogP contribution in [0.15, 0.2) is 24.3 Å². The number of likely N-dealkylation sites (tertiary alicyclic amines) is 1. The molecule has 72 valence electrons. The van der Waals surface area contributed by atoms with Crippen molar-refractivity contribution in [1.82, 2.24) is 4.90 Å². The summed E-state index contributed by atoms with van der Waals surface area (Å²) in [5, 5.41) is 0. The molecule has 0 atom stereocenters. The molecule has 1 aliphatic rings. The Bertz CT molecular complexity index is 338. The number of hydrogen-bond acceptors (Lipinski definition) is 1. The van der Waals surface area contributed by atoms with E-state index in [4.69, 9.17) is 6.42 Å². The van der Waals surface area contributed by atoms with Crippen molar-refractivity contribution in [1.29, 1.82) is 0 Å². The Kier molecular flexibility index (Phi) is 2.56. The van der Waals surface area contributed by atoms with E-state index in [9.17, 15) is 0 Å². The van der Waals surface area contributed by atoms with Crippen LogP contribution in [0.25, 0.3) is 0 Å². The molecule has 14 heavy (non-hydrogen) atoms. The Balaban J connectivity index is 1.94. The number of hydrogen-bond donors (Lipinski definition) is 0. The van der Waals surface area contributed by atoms with Crippen LogP contribution in [0, 0.1) is 18.3 Å². The van der Waals surface area contributed by atoms with Crippen molar-refractivity contribution in [2.75, 3.05) is 13.1 Å². The standard InChI is InChI=1S/C13H15N/c1-3-12-4-6-13(7-5-12)10-14-8-11(2)9-14/h1,4-7,11H,8-10H2,2H3. The molecule has 1 heterocycles. The van der Waals surface area contributed by atoms with E-state index >= 15 is 0 Å². The van der Waals surface area contributed by atoms with Gasteiger partial charge >= 0.3 is 0 Å². The Morgan fingerprint density at radius 3 is 2.50 bits per heavy atom. The van der Waals surface area contributed by atoms with Gasteiger partial charge in [0.1, 0.15) is 0 Å². The van der Waals surface area contributed by atoms with Gasteiger partial charge in [0.2, 0.25) is 0 Å². The molecule has 1 fully saturated rings. The summed E-state index contributed by atoms with van der Waals surface area (Å²) in [5.74, 6) is 3.50. The van der Waals surface area contributed by atoms with Crippen molar-refractivity contribution in [2.45, 2.75) is 13.5 Å². The van der Waals surface area contributed by atoms with E-state index in [0.29, 0.717) is 0 Å². The summed E-state index contributed by atoms with van der Waals surface area (Å²) in [6, 6.07) is 8.27. The number of benzene rings is 1. The average Bonchev–Trinajstić information content (AvgIpc) is 2.17. The minimum Gasteiger partial charge on any atom is -0.298 e. The van der Waals surface area contributed by atoms with E-state index < -0.39 is 0 Å². The smallest absolute Gasteiger partial charge is 0.0242 e. The fourth-order valence-electron chi connectivity index (χ4n) is 1.92. The van der Waals surface area contributed by atoms with Gasteiger partial charge in [-0.1, -0.05) is 25.0 Å². The van der Waals surface area contributed by atoms with E-state index in [1.807, 2.05) is 12.1 Å². The van der Waals surface area contributed by atoms with Crippen molar-refractivity contribution in [2.24, 2.45) is 5.92 Å². The first-order valence-corrected chi connectivity index (χ1v) is 5.06. The van der Waals surface area contributed by atoms with E-state index in [1.54, 1.807) is 0 Å². The molecule has 1 heteroatoms. The second-order valence-corrected chi connectivity index (χ2v) is 4.14. The zero-order chi connectivity index (χ0) is 9.97. The third kappa shape index (κ3) is 1.97. The summed E-state index contributed by atoms with van der Waals surface area (Å²) in [6.07, 6.45) is 5.30. The largest absolute Gasteiger partial charge is 0.298 e. The van der Waals surface area contributed by atoms with Crippen LogP contribution in [0.5, 0.6) is 0 Å². The molecule has 2 rings (SSSR count). The van der Waals surface area contributed by atoms with Crippen LogP contribution < -0.4 is 0 Å². The monoisotopic (exact) mass is 185 g/mol. The summed E-state index contributed by atoms with van der Waals surface area (Å²) < 4.78 is 0. The van der Waals surface area contributed by atoms with Crippen molar-refractivity contribution in [3.05, 3.63) is 35.4 Å². The van der Waals surface area contributed by atoms with Crippen LogP contribution >= 0.6 is 0 Å². The molecule has 1 nitrogen and oxygen atoms in total. The Morgan fingerprint density at radius 1 is 1.36 bits per heavy atom. The Labute approximate surface area is 85.7 Å². The first kappa shape index (κ1) is 9.30. The number of rotatable bonds is 2. The quantitative estimate of drug-likeness (QED) is 0.638. The summed E-state index contributed by atoms with van der Waals surface area (Å²) in [4.78, 5) is 2.45. The van der Waals surface area contributed by atoms with Crippen LogP contribution in [-0.2, 0) is 6.54 Å². The molecule has 0 unspecified atom stereocenters. The highest BCUT2D eigenvalue weighted by atomic mass is 15.2. The molecular weight excluding hydrogens is 170 g/mol. The highest BCUT2D eigenvalue weighted by molar-refractivity contribution is 5.34. The maximum Gasteiger partial charge on any atom is 0.0242 e. The molecule has 0 N–H and O–H groups in total. The maximum absolute atomic E-state index is 5.30. The molecule has 0 amide bonds. The van der Waals surface area contributed by atoms with Gasteiger partial charge in [0.05, 0.1) is 0 Å². The van der Waals surface area contributed by atoms with Crippen molar-refractivity contribution in [3.8, 4) is 12.3 Å². The third-order valence-electron chi connectivity index (χ3n) is 2.67. The minimum atomic E-state index is 0.875. The number of nitrogens with zero attached hydrogens (tertiary/aromatic N) is 1. The number of terminal acetylenes is 1. The predicted molar refractivity (Wildman–Crippen MR) is 58.8 cm³/mol. The zero-order valence-electron chi connectivity index (χ0n) is 8.53. The van der Waals surface area contributed by atoms with Gasteiger partial charge in [0, 0.05) is 25.2 Å². The molecular formula is C13H15N. The first-order chi connectivity index (χ1) is 6.78. The summed E-state index contributed by atoms with van der Waals surface area (Å²) in [7, 11) is 0. The molecule has 0 aliphatic carbocycles. The molecule has 1 aliphatic heterocycles. The highest BCUT2D eigenvalue weighted by Gasteiger charge is 2.21. The lowest BCUT2D eigenvalue weighted by atomic mass is 10.0. The predicted octanol–water partition coefficient (Wildman–Crippen LogP) is 2.12. The van der Waals surface area contributed by atoms with Gasteiger partial charge in [-0.15, -0.1) is 6.42 Å². The van der Waals surface area contributed by atoms with Gasteiger partial charge in [0.15, 0.2) is 0 Å². The molecule has 1 saturated heterocycles. The molecule has 1 aromatic carbocycles. The van der Waals surface area contributed by atoms with Crippen LogP contribution in [0.2, 0.25) is 0 Å². The van der Waals surface area contributed by atoms with Gasteiger partial charge < -0.3 is 0 Å². The Morgan fingerprint density at radius 2 is 2.00 bits per heavy atom. The lowest BCUT2D eigenvalue weighted by Gasteiger charge is -2.37. The van der Waals surface area contributed by atoms with Crippen molar-refractivity contribution < 1.29 is 0 Å². The molecule has 1 aromatic rings. The van der Waals surface area contributed by atoms with Gasteiger partial charge in [-0.25, -0.2) is 0 Å². The van der Waals surface area contributed by atoms with Crippen molar-refractivity contribution >= 4 is 0 Å². The third-order valence-corrected chi connectivity index (χ3v) is 2.67. The minimum absolute atomic E-state index is 0.875. The second-order valence-electron chi connectivity index (χ2n) is 4.14. The molecule has 0 saturated carbocycles. The average molecular weight is 185 g/mol. The molecule has 0 bridgehead atoms. The fraction of sp³-hybridized carbons (Fsp3) is 0.385. The maximum atomic E-state index is 5.30. The van der Waals surface area contributed by atoms with Gasteiger partial charge in [-0.05, 0) is 23.6 Å². The van der Waals surface area contributed by atoms with E-state index in [2.05, 4.69) is 29.9 Å². The fourth-order valence-corrected chi connectivity index (χ4v) is 1.92. The zero-order valence-corrected chi connectivity index (χ0v) is 8.53.